The molecule has 3 heterocycles. The molecule has 2 N–H and O–H groups in total. The fourth-order valence-corrected chi connectivity index (χ4v) is 6.02. The summed E-state index contributed by atoms with van der Waals surface area (Å²) in [5.41, 5.74) is -0.680. The van der Waals surface area contributed by atoms with E-state index in [9.17, 15) is 32.3 Å². The monoisotopic (exact) mass is 582 g/mol. The molecule has 1 aromatic carbocycles. The number of thiazole rings is 1. The van der Waals surface area contributed by atoms with Crippen LogP contribution in [0.5, 0.6) is 0 Å². The summed E-state index contributed by atoms with van der Waals surface area (Å²) >= 11 is 13.0. The number of piperidine rings is 1. The zero-order valence-electron chi connectivity index (χ0n) is 19.9. The topological polar surface area (TPSA) is 101 Å². The van der Waals surface area contributed by atoms with E-state index in [1.54, 1.807) is 6.92 Å². The summed E-state index contributed by atoms with van der Waals surface area (Å²) in [5.74, 6) is -2.64. The fourth-order valence-electron chi connectivity index (χ4n) is 4.67. The van der Waals surface area contributed by atoms with Gasteiger partial charge in [0.25, 0.3) is 5.91 Å². The van der Waals surface area contributed by atoms with E-state index in [4.69, 9.17) is 23.2 Å². The van der Waals surface area contributed by atoms with Crippen LogP contribution in [-0.2, 0) is 12.6 Å². The molecule has 3 atom stereocenters. The molecule has 1 aliphatic heterocycles. The molecule has 1 saturated carbocycles. The van der Waals surface area contributed by atoms with Crippen LogP contribution in [0.2, 0.25) is 10.0 Å². The number of nitrogens with zero attached hydrogens (tertiary/aromatic N) is 2. The number of nitrogens with one attached hydrogen (secondary N) is 2. The van der Waals surface area contributed by atoms with E-state index in [1.807, 2.05) is 4.90 Å². The first-order valence-electron chi connectivity index (χ1n) is 11.0. The van der Waals surface area contributed by atoms with Crippen LogP contribution in [0.25, 0.3) is 0 Å². The summed E-state index contributed by atoms with van der Waals surface area (Å²) < 4.78 is 53.4. The average Bonchev–Trinajstić information content (AvgIpc) is 3.19. The van der Waals surface area contributed by atoms with Crippen molar-refractivity contribution in [2.24, 2.45) is 11.8 Å². The van der Waals surface area contributed by atoms with Gasteiger partial charge in [-0.2, -0.15) is 13.2 Å². The van der Waals surface area contributed by atoms with Crippen molar-refractivity contribution in [2.45, 2.75) is 25.6 Å². The SMILES string of the molecule is Cc1[nH]c(C(=O)NC2[C@H]3CN(c4nc(Cc5cc(C(F)(F)F)ccc5F)c(C(=O)[O-])s4)C[C@@H]23)c(Cl)c1Cl.[Li+]. The molecule has 3 aromatic rings. The van der Waals surface area contributed by atoms with Crippen molar-refractivity contribution in [1.82, 2.24) is 15.3 Å². The Morgan fingerprint density at radius 3 is 2.45 bits per heavy atom. The number of aromatic nitrogens is 2. The van der Waals surface area contributed by atoms with Crippen LogP contribution >= 0.6 is 34.5 Å². The van der Waals surface area contributed by atoms with Crippen LogP contribution in [0, 0.1) is 24.6 Å². The predicted molar refractivity (Wildman–Crippen MR) is 127 cm³/mol. The molecule has 2 fully saturated rings. The third kappa shape index (κ3) is 5.29. The van der Waals surface area contributed by atoms with Crippen molar-refractivity contribution < 1.29 is 51.1 Å². The van der Waals surface area contributed by atoms with Gasteiger partial charge in [0.15, 0.2) is 5.13 Å². The Labute approximate surface area is 239 Å². The van der Waals surface area contributed by atoms with Crippen molar-refractivity contribution >= 4 is 51.5 Å². The van der Waals surface area contributed by atoms with Crippen LogP contribution in [0.1, 0.15) is 42.7 Å². The molecule has 0 spiro atoms. The maximum atomic E-state index is 14.2. The Bertz CT molecular complexity index is 1420. The number of alkyl halides is 3. The summed E-state index contributed by atoms with van der Waals surface area (Å²) in [6, 6.07) is 1.86. The van der Waals surface area contributed by atoms with Crippen LogP contribution in [0.4, 0.5) is 22.7 Å². The van der Waals surface area contributed by atoms with Gasteiger partial charge in [-0.1, -0.05) is 34.5 Å². The molecule has 2 aliphatic rings. The van der Waals surface area contributed by atoms with Gasteiger partial charge in [0.1, 0.15) is 11.5 Å². The van der Waals surface area contributed by atoms with Gasteiger partial charge >= 0.3 is 25.0 Å². The van der Waals surface area contributed by atoms with Gasteiger partial charge < -0.3 is 25.1 Å². The Morgan fingerprint density at radius 2 is 1.89 bits per heavy atom. The standard InChI is InChI=1S/C23H18Cl2F4N4O3S.Li/c1-8-15(24)16(25)18(30-8)20(34)32-17-11-6-33(7-12(11)17)22-31-14(19(37-22)21(35)36)5-9-4-10(23(27,28)29)2-3-13(9)26;/h2-4,11-12,17,30H,5-7H2,1H3,(H,32,34)(H,35,36);/q;+1/p-1/t11-,12+,17?;. The number of benzene rings is 1. The number of rotatable bonds is 6. The molecular formula is C23H17Cl2F4LiN4O3S. The minimum absolute atomic E-state index is 0. The van der Waals surface area contributed by atoms with Gasteiger partial charge in [0.2, 0.25) is 0 Å². The second-order valence-electron chi connectivity index (χ2n) is 9.03. The molecule has 1 aliphatic carbocycles. The van der Waals surface area contributed by atoms with E-state index in [-0.39, 0.29) is 74.5 Å². The first-order chi connectivity index (χ1) is 17.3. The van der Waals surface area contributed by atoms with E-state index in [0.29, 0.717) is 42.1 Å². The van der Waals surface area contributed by atoms with Crippen molar-refractivity contribution in [1.29, 1.82) is 0 Å². The summed E-state index contributed by atoms with van der Waals surface area (Å²) in [7, 11) is 0. The number of aromatic carboxylic acids is 1. The second kappa shape index (κ2) is 10.4. The maximum Gasteiger partial charge on any atom is 1.00 e. The number of aryl methyl sites for hydroxylation is 1. The van der Waals surface area contributed by atoms with Crippen LogP contribution in [-0.4, -0.2) is 41.0 Å². The van der Waals surface area contributed by atoms with Crippen LogP contribution in [0.3, 0.4) is 0 Å². The Kier molecular flexibility index (Phi) is 7.87. The van der Waals surface area contributed by atoms with Crippen LogP contribution < -0.4 is 34.2 Å². The summed E-state index contributed by atoms with van der Waals surface area (Å²) in [4.78, 5) is 33.0. The minimum atomic E-state index is -4.67. The van der Waals surface area contributed by atoms with E-state index in [1.165, 1.54) is 0 Å². The zero-order chi connectivity index (χ0) is 26.8. The van der Waals surface area contributed by atoms with Gasteiger partial charge in [0.05, 0.1) is 32.1 Å². The Hall–Kier alpha value is -2.23. The molecule has 7 nitrogen and oxygen atoms in total. The Balaban J connectivity index is 0.00000336. The van der Waals surface area contributed by atoms with Crippen molar-refractivity contribution in [3.8, 4) is 0 Å². The molecule has 0 radical (unpaired) electrons. The first kappa shape index (κ1) is 28.8. The van der Waals surface area contributed by atoms with Gasteiger partial charge in [-0.3, -0.25) is 4.79 Å². The molecule has 5 rings (SSSR count). The normalized spacial score (nSPS) is 20.2. The first-order valence-corrected chi connectivity index (χ1v) is 12.6. The smallest absolute Gasteiger partial charge is 0.544 e. The molecule has 0 bridgehead atoms. The number of halogens is 6. The molecular weight excluding hydrogens is 566 g/mol. The molecule has 1 saturated heterocycles. The van der Waals surface area contributed by atoms with E-state index >= 15 is 0 Å². The predicted octanol–water partition coefficient (Wildman–Crippen LogP) is 1.07. The number of carboxylic acids is 1. The maximum absolute atomic E-state index is 14.2. The molecule has 15 heteroatoms. The largest absolute Gasteiger partial charge is 1.00 e. The summed E-state index contributed by atoms with van der Waals surface area (Å²) in [6.45, 7) is 2.65. The molecule has 1 unspecified atom stereocenters. The third-order valence-corrected chi connectivity index (χ3v) is 8.73. The molecule has 38 heavy (non-hydrogen) atoms. The number of H-pyrrole nitrogens is 1. The number of amides is 1. The molecule has 2 aromatic heterocycles. The van der Waals surface area contributed by atoms with Gasteiger partial charge in [-0.15, -0.1) is 0 Å². The van der Waals surface area contributed by atoms with Gasteiger partial charge in [-0.05, 0) is 30.7 Å². The number of carboxylic acid groups (broad SMARTS) is 1. The number of hydrogen-bond donors (Lipinski definition) is 2. The third-order valence-electron chi connectivity index (χ3n) is 6.65. The summed E-state index contributed by atoms with van der Waals surface area (Å²) in [5, 5.41) is 15.4. The van der Waals surface area contributed by atoms with E-state index < -0.39 is 29.9 Å². The van der Waals surface area contributed by atoms with Crippen molar-refractivity contribution in [2.75, 3.05) is 18.0 Å². The number of anilines is 1. The van der Waals surface area contributed by atoms with Crippen molar-refractivity contribution in [3.05, 3.63) is 67.1 Å². The molecule has 196 valence electrons. The van der Waals surface area contributed by atoms with Gasteiger partial charge in [-0.25, -0.2) is 9.37 Å². The molecule has 1 amide bonds. The zero-order valence-corrected chi connectivity index (χ0v) is 22.2. The minimum Gasteiger partial charge on any atom is -0.544 e. The number of aromatic amines is 1. The quantitative estimate of drug-likeness (QED) is 0.334. The second-order valence-corrected chi connectivity index (χ2v) is 10.8. The van der Waals surface area contributed by atoms with E-state index in [0.717, 1.165) is 11.3 Å². The average molecular weight is 583 g/mol. The number of carbonyl (C=O) groups is 2. The number of carbonyl (C=O) groups excluding carboxylic acids is 2. The van der Waals surface area contributed by atoms with Crippen molar-refractivity contribution in [3.63, 3.8) is 0 Å². The Morgan fingerprint density at radius 1 is 1.24 bits per heavy atom. The fraction of sp³-hybridized carbons (Fsp3) is 0.348. The van der Waals surface area contributed by atoms with E-state index in [2.05, 4.69) is 15.3 Å². The summed E-state index contributed by atoms with van der Waals surface area (Å²) in [6.07, 6.45) is -5.11. The van der Waals surface area contributed by atoms with Gasteiger partial charge in [0, 0.05) is 43.1 Å². The van der Waals surface area contributed by atoms with Crippen LogP contribution in [0.15, 0.2) is 18.2 Å². The number of fused-ring (bicyclic) bond motifs is 1. The number of hydrogen-bond acceptors (Lipinski definition) is 6.